The number of nitrogens with zero attached hydrogens (tertiary/aromatic N) is 5. The summed E-state index contributed by atoms with van der Waals surface area (Å²) in [5.41, 5.74) is 4.88. The average Bonchev–Trinajstić information content (AvgIpc) is 3.49. The first-order valence-electron chi connectivity index (χ1n) is 12.6. The number of anilines is 1. The fraction of sp³-hybridized carbons (Fsp3) is 0.379. The van der Waals surface area contributed by atoms with Gasteiger partial charge in [-0.1, -0.05) is 67.4 Å². The van der Waals surface area contributed by atoms with Crippen molar-refractivity contribution in [3.8, 4) is 6.07 Å². The number of hydrogen-bond donors (Lipinski definition) is 1. The number of nitrogens with one attached hydrogen (secondary N) is 1. The highest BCUT2D eigenvalue weighted by molar-refractivity contribution is 14.1. The second-order valence-electron chi connectivity index (χ2n) is 11.5. The SMILES string of the molecule is CC(C)(C)CNc1c(C#N)cnc2c(Cl)cc(C[C@@H](c3ccccc3Cl)c3nnn(C4(C)CC4)c3I)cc12. The van der Waals surface area contributed by atoms with Crippen molar-refractivity contribution in [2.24, 2.45) is 5.41 Å². The Morgan fingerprint density at radius 2 is 1.92 bits per heavy atom. The minimum absolute atomic E-state index is 0.0274. The van der Waals surface area contributed by atoms with Crippen molar-refractivity contribution in [2.75, 3.05) is 11.9 Å². The second kappa shape index (κ2) is 10.3. The Kier molecular flexibility index (Phi) is 7.36. The van der Waals surface area contributed by atoms with E-state index in [1.807, 2.05) is 24.3 Å². The number of aromatic nitrogens is 4. The zero-order chi connectivity index (χ0) is 27.2. The van der Waals surface area contributed by atoms with Gasteiger partial charge in [0.25, 0.3) is 0 Å². The maximum atomic E-state index is 9.83. The number of halogens is 3. The third-order valence-electron chi connectivity index (χ3n) is 7.08. The first-order valence-corrected chi connectivity index (χ1v) is 14.5. The predicted octanol–water partition coefficient (Wildman–Crippen LogP) is 7.95. The summed E-state index contributed by atoms with van der Waals surface area (Å²) in [6.07, 6.45) is 4.40. The van der Waals surface area contributed by atoms with E-state index in [1.165, 1.54) is 0 Å². The highest BCUT2D eigenvalue weighted by Crippen LogP contribution is 2.45. The molecule has 0 unspecified atom stereocenters. The largest absolute Gasteiger partial charge is 0.383 e. The smallest absolute Gasteiger partial charge is 0.124 e. The van der Waals surface area contributed by atoms with Crippen LogP contribution in [-0.2, 0) is 12.0 Å². The molecule has 1 fully saturated rings. The normalized spacial score (nSPS) is 15.3. The molecule has 6 nitrogen and oxygen atoms in total. The molecule has 2 aromatic heterocycles. The summed E-state index contributed by atoms with van der Waals surface area (Å²) in [5, 5.41) is 24.6. The lowest BCUT2D eigenvalue weighted by molar-refractivity contribution is 0.443. The van der Waals surface area contributed by atoms with Gasteiger partial charge in [0.05, 0.1) is 27.3 Å². The highest BCUT2D eigenvalue weighted by atomic mass is 127. The van der Waals surface area contributed by atoms with Crippen molar-refractivity contribution >= 4 is 62.4 Å². The molecule has 0 bridgehead atoms. The quantitative estimate of drug-likeness (QED) is 0.204. The zero-order valence-corrected chi connectivity index (χ0v) is 25.5. The average molecular weight is 659 g/mol. The summed E-state index contributed by atoms with van der Waals surface area (Å²) in [6, 6.07) is 14.2. The fourth-order valence-corrected chi connectivity index (χ4v) is 6.36. The highest BCUT2D eigenvalue weighted by Gasteiger charge is 2.43. The van der Waals surface area contributed by atoms with Crippen LogP contribution in [0.25, 0.3) is 10.9 Å². The number of rotatable bonds is 7. The van der Waals surface area contributed by atoms with E-state index in [-0.39, 0.29) is 16.9 Å². The molecule has 9 heteroatoms. The lowest BCUT2D eigenvalue weighted by Crippen LogP contribution is -2.19. The van der Waals surface area contributed by atoms with E-state index >= 15 is 0 Å². The Balaban J connectivity index is 1.62. The summed E-state index contributed by atoms with van der Waals surface area (Å²) in [4.78, 5) is 4.52. The van der Waals surface area contributed by atoms with Gasteiger partial charge in [-0.15, -0.1) is 5.10 Å². The van der Waals surface area contributed by atoms with Crippen LogP contribution >= 0.6 is 45.8 Å². The number of hydrogen-bond acceptors (Lipinski definition) is 5. The topological polar surface area (TPSA) is 79.4 Å². The Bertz CT molecular complexity index is 1560. The molecule has 4 aromatic rings. The van der Waals surface area contributed by atoms with Crippen molar-refractivity contribution in [3.63, 3.8) is 0 Å². The predicted molar refractivity (Wildman–Crippen MR) is 162 cm³/mol. The minimum atomic E-state index is -0.127. The molecular formula is C29H29Cl2IN6. The Morgan fingerprint density at radius 3 is 2.58 bits per heavy atom. The first-order chi connectivity index (χ1) is 18.0. The summed E-state index contributed by atoms with van der Waals surface area (Å²) < 4.78 is 3.08. The molecule has 1 aliphatic rings. The monoisotopic (exact) mass is 658 g/mol. The maximum Gasteiger partial charge on any atom is 0.124 e. The summed E-state index contributed by atoms with van der Waals surface area (Å²) in [5.74, 6) is -0.127. The van der Waals surface area contributed by atoms with Gasteiger partial charge in [0, 0.05) is 29.1 Å². The maximum absolute atomic E-state index is 9.83. The van der Waals surface area contributed by atoms with Gasteiger partial charge in [0.1, 0.15) is 15.5 Å². The van der Waals surface area contributed by atoms with E-state index in [2.05, 4.69) is 93.8 Å². The lowest BCUT2D eigenvalue weighted by Gasteiger charge is -2.22. The molecule has 1 N–H and O–H groups in total. The molecule has 0 aliphatic heterocycles. The van der Waals surface area contributed by atoms with Crippen LogP contribution in [0.5, 0.6) is 0 Å². The molecule has 0 spiro atoms. The van der Waals surface area contributed by atoms with E-state index in [0.29, 0.717) is 34.1 Å². The molecule has 2 heterocycles. The van der Waals surface area contributed by atoms with Crippen molar-refractivity contribution < 1.29 is 0 Å². The van der Waals surface area contributed by atoms with Gasteiger partial charge in [0.2, 0.25) is 0 Å². The third kappa shape index (κ3) is 5.36. The van der Waals surface area contributed by atoms with Gasteiger partial charge in [-0.2, -0.15) is 5.26 Å². The Labute approximate surface area is 246 Å². The third-order valence-corrected chi connectivity index (χ3v) is 8.72. The molecular weight excluding hydrogens is 630 g/mol. The molecule has 1 saturated carbocycles. The molecule has 196 valence electrons. The molecule has 0 amide bonds. The van der Waals surface area contributed by atoms with Crippen molar-refractivity contribution in [3.05, 3.63) is 78.7 Å². The number of fused-ring (bicyclic) bond motifs is 1. The number of nitriles is 1. The van der Waals surface area contributed by atoms with Gasteiger partial charge >= 0.3 is 0 Å². The van der Waals surface area contributed by atoms with E-state index in [0.717, 1.165) is 44.4 Å². The van der Waals surface area contributed by atoms with Crippen molar-refractivity contribution in [2.45, 2.75) is 58.4 Å². The number of benzene rings is 2. The van der Waals surface area contributed by atoms with E-state index in [4.69, 9.17) is 23.2 Å². The summed E-state index contributed by atoms with van der Waals surface area (Å²) >= 11 is 15.9. The van der Waals surface area contributed by atoms with E-state index < -0.39 is 0 Å². The molecule has 38 heavy (non-hydrogen) atoms. The van der Waals surface area contributed by atoms with Gasteiger partial charge in [-0.3, -0.25) is 4.98 Å². The van der Waals surface area contributed by atoms with Crippen LogP contribution in [0.3, 0.4) is 0 Å². The van der Waals surface area contributed by atoms with E-state index in [9.17, 15) is 5.26 Å². The van der Waals surface area contributed by atoms with Gasteiger partial charge in [0.15, 0.2) is 0 Å². The zero-order valence-electron chi connectivity index (χ0n) is 21.8. The van der Waals surface area contributed by atoms with Gasteiger partial charge < -0.3 is 5.32 Å². The lowest BCUT2D eigenvalue weighted by atomic mass is 9.88. The van der Waals surface area contributed by atoms with Crippen LogP contribution < -0.4 is 5.32 Å². The van der Waals surface area contributed by atoms with Crippen molar-refractivity contribution in [1.82, 2.24) is 20.0 Å². The van der Waals surface area contributed by atoms with Crippen LogP contribution in [0.1, 0.15) is 68.8 Å². The molecule has 0 radical (unpaired) electrons. The second-order valence-corrected chi connectivity index (χ2v) is 13.3. The summed E-state index contributed by atoms with van der Waals surface area (Å²) in [7, 11) is 0. The molecule has 1 aliphatic carbocycles. The first kappa shape index (κ1) is 27.2. The van der Waals surface area contributed by atoms with E-state index in [1.54, 1.807) is 6.20 Å². The standard InChI is InChI=1S/C29H29Cl2IN6/c1-28(2,3)16-35-24-18(14-33)15-34-25-21(24)12-17(13-23(25)31)11-20(19-7-5-6-8-22(19)30)26-27(32)38(37-36-26)29(4)9-10-29/h5-8,12-13,15,20H,9-11,16H2,1-4H3,(H,34,35)/t20-/m0/s1. The number of pyridine rings is 1. The van der Waals surface area contributed by atoms with Crippen LogP contribution in [0.2, 0.25) is 10.0 Å². The van der Waals surface area contributed by atoms with Gasteiger partial charge in [-0.25, -0.2) is 4.68 Å². The van der Waals surface area contributed by atoms with Crippen LogP contribution in [-0.4, -0.2) is 26.5 Å². The van der Waals surface area contributed by atoms with Crippen LogP contribution in [0.15, 0.2) is 42.6 Å². The molecule has 2 aromatic carbocycles. The Morgan fingerprint density at radius 1 is 1.18 bits per heavy atom. The van der Waals surface area contributed by atoms with Crippen LogP contribution in [0.4, 0.5) is 5.69 Å². The minimum Gasteiger partial charge on any atom is -0.383 e. The van der Waals surface area contributed by atoms with Gasteiger partial charge in [-0.05, 0) is 83.5 Å². The molecule has 5 rings (SSSR count). The summed E-state index contributed by atoms with van der Waals surface area (Å²) in [6.45, 7) is 9.37. The van der Waals surface area contributed by atoms with Crippen molar-refractivity contribution in [1.29, 1.82) is 5.26 Å². The fourth-order valence-electron chi connectivity index (χ4n) is 4.64. The Hall–Kier alpha value is -2.41. The van der Waals surface area contributed by atoms with Crippen LogP contribution in [0, 0.1) is 20.4 Å². The molecule has 0 saturated heterocycles. The molecule has 1 atom stereocenters.